The van der Waals surface area contributed by atoms with Crippen LogP contribution in [-0.2, 0) is 6.42 Å². The molecule has 0 aliphatic heterocycles. The highest BCUT2D eigenvalue weighted by atomic mass is 32.1. The number of anilines is 2. The summed E-state index contributed by atoms with van der Waals surface area (Å²) in [7, 11) is 0. The third-order valence-corrected chi connectivity index (χ3v) is 2.64. The van der Waals surface area contributed by atoms with Gasteiger partial charge in [-0.3, -0.25) is 0 Å². The van der Waals surface area contributed by atoms with E-state index in [0.717, 1.165) is 23.8 Å². The van der Waals surface area contributed by atoms with Crippen LogP contribution in [-0.4, -0.2) is 21.5 Å². The van der Waals surface area contributed by atoms with Gasteiger partial charge in [0.1, 0.15) is 11.6 Å². The topological polar surface area (TPSA) is 76.7 Å². The molecule has 0 unspecified atom stereocenters. The molecule has 2 heterocycles. The minimum Gasteiger partial charge on any atom is -0.382 e. The van der Waals surface area contributed by atoms with Crippen LogP contribution < -0.4 is 11.1 Å². The van der Waals surface area contributed by atoms with Crippen molar-refractivity contribution in [2.75, 3.05) is 17.6 Å². The summed E-state index contributed by atoms with van der Waals surface area (Å²) in [4.78, 5) is 12.2. The standard InChI is InChI=1S/C9H11N5S/c10-7-5-14-8(6-13-7)11-2-1-9-12-3-4-15-9/h3-6H,1-2H2,(H2,10,13)(H,11,14). The number of aromatic nitrogens is 3. The lowest BCUT2D eigenvalue weighted by Gasteiger charge is -2.02. The molecular formula is C9H11N5S. The van der Waals surface area contributed by atoms with Crippen molar-refractivity contribution in [3.05, 3.63) is 29.0 Å². The van der Waals surface area contributed by atoms with Gasteiger partial charge in [-0.2, -0.15) is 0 Å². The Kier molecular flexibility index (Phi) is 3.08. The van der Waals surface area contributed by atoms with Crippen molar-refractivity contribution in [3.63, 3.8) is 0 Å². The maximum absolute atomic E-state index is 5.42. The SMILES string of the molecule is Nc1cnc(NCCc2nccs2)cn1. The Morgan fingerprint density at radius 3 is 2.87 bits per heavy atom. The highest BCUT2D eigenvalue weighted by Crippen LogP contribution is 2.06. The van der Waals surface area contributed by atoms with Gasteiger partial charge in [-0.05, 0) is 0 Å². The molecule has 2 rings (SSSR count). The molecule has 0 saturated heterocycles. The molecule has 0 bridgehead atoms. The van der Waals surface area contributed by atoms with E-state index in [2.05, 4.69) is 20.3 Å². The zero-order valence-electron chi connectivity index (χ0n) is 8.05. The van der Waals surface area contributed by atoms with Gasteiger partial charge < -0.3 is 11.1 Å². The van der Waals surface area contributed by atoms with E-state index in [1.165, 1.54) is 6.20 Å². The Morgan fingerprint density at radius 2 is 2.20 bits per heavy atom. The molecule has 2 aromatic heterocycles. The van der Waals surface area contributed by atoms with Crippen molar-refractivity contribution in [3.8, 4) is 0 Å². The van der Waals surface area contributed by atoms with Crippen molar-refractivity contribution in [1.29, 1.82) is 0 Å². The summed E-state index contributed by atoms with van der Waals surface area (Å²) in [5.41, 5.74) is 5.42. The quantitative estimate of drug-likeness (QED) is 0.810. The second kappa shape index (κ2) is 4.70. The van der Waals surface area contributed by atoms with E-state index in [0.29, 0.717) is 5.82 Å². The second-order valence-electron chi connectivity index (χ2n) is 2.93. The maximum atomic E-state index is 5.42. The van der Waals surface area contributed by atoms with Crippen molar-refractivity contribution in [2.24, 2.45) is 0 Å². The van der Waals surface area contributed by atoms with Gasteiger partial charge in [-0.15, -0.1) is 11.3 Å². The third-order valence-electron chi connectivity index (χ3n) is 1.80. The van der Waals surface area contributed by atoms with E-state index in [9.17, 15) is 0 Å². The average molecular weight is 221 g/mol. The molecule has 6 heteroatoms. The monoisotopic (exact) mass is 221 g/mol. The van der Waals surface area contributed by atoms with E-state index in [-0.39, 0.29) is 0 Å². The Bertz CT molecular complexity index is 397. The van der Waals surface area contributed by atoms with E-state index >= 15 is 0 Å². The number of hydrogen-bond donors (Lipinski definition) is 2. The Morgan fingerprint density at radius 1 is 1.27 bits per heavy atom. The first-order valence-corrected chi connectivity index (χ1v) is 5.42. The zero-order chi connectivity index (χ0) is 10.5. The Balaban J connectivity index is 1.81. The fourth-order valence-corrected chi connectivity index (χ4v) is 1.72. The van der Waals surface area contributed by atoms with Crippen LogP contribution in [0.5, 0.6) is 0 Å². The first kappa shape index (κ1) is 9.85. The van der Waals surface area contributed by atoms with Crippen LogP contribution in [0.1, 0.15) is 5.01 Å². The molecular weight excluding hydrogens is 210 g/mol. The van der Waals surface area contributed by atoms with Crippen LogP contribution in [0.25, 0.3) is 0 Å². The van der Waals surface area contributed by atoms with Crippen molar-refractivity contribution >= 4 is 23.0 Å². The Hall–Kier alpha value is -1.69. The van der Waals surface area contributed by atoms with E-state index in [4.69, 9.17) is 5.73 Å². The molecule has 2 aromatic rings. The van der Waals surface area contributed by atoms with Crippen LogP contribution in [0, 0.1) is 0 Å². The number of hydrogen-bond acceptors (Lipinski definition) is 6. The lowest BCUT2D eigenvalue weighted by atomic mass is 10.4. The molecule has 0 aliphatic rings. The summed E-state index contributed by atoms with van der Waals surface area (Å²) in [6.45, 7) is 0.798. The molecule has 0 fully saturated rings. The van der Waals surface area contributed by atoms with Crippen molar-refractivity contribution in [2.45, 2.75) is 6.42 Å². The number of nitrogens with zero attached hydrogens (tertiary/aromatic N) is 3. The van der Waals surface area contributed by atoms with Gasteiger partial charge >= 0.3 is 0 Å². The fourth-order valence-electron chi connectivity index (χ4n) is 1.10. The fraction of sp³-hybridized carbons (Fsp3) is 0.222. The molecule has 0 amide bonds. The first-order chi connectivity index (χ1) is 7.34. The molecule has 0 aliphatic carbocycles. The highest BCUT2D eigenvalue weighted by Gasteiger charge is 1.96. The van der Waals surface area contributed by atoms with Crippen molar-refractivity contribution < 1.29 is 0 Å². The predicted octanol–water partition coefficient (Wildman–Crippen LogP) is 1.17. The van der Waals surface area contributed by atoms with Crippen LogP contribution in [0.15, 0.2) is 24.0 Å². The van der Waals surface area contributed by atoms with Crippen LogP contribution >= 0.6 is 11.3 Å². The number of nitrogens with one attached hydrogen (secondary N) is 1. The van der Waals surface area contributed by atoms with Crippen LogP contribution in [0.3, 0.4) is 0 Å². The maximum Gasteiger partial charge on any atom is 0.144 e. The lowest BCUT2D eigenvalue weighted by Crippen LogP contribution is -2.06. The summed E-state index contributed by atoms with van der Waals surface area (Å²) >= 11 is 1.65. The minimum atomic E-state index is 0.431. The number of thiazole rings is 1. The molecule has 5 nitrogen and oxygen atoms in total. The second-order valence-corrected chi connectivity index (χ2v) is 3.91. The smallest absolute Gasteiger partial charge is 0.144 e. The van der Waals surface area contributed by atoms with Gasteiger partial charge in [0.25, 0.3) is 0 Å². The minimum absolute atomic E-state index is 0.431. The lowest BCUT2D eigenvalue weighted by molar-refractivity contribution is 0.983. The van der Waals surface area contributed by atoms with Gasteiger partial charge in [0.15, 0.2) is 0 Å². The number of nitrogens with two attached hydrogens (primary N) is 1. The summed E-state index contributed by atoms with van der Waals surface area (Å²) < 4.78 is 0. The van der Waals surface area contributed by atoms with Crippen molar-refractivity contribution in [1.82, 2.24) is 15.0 Å². The van der Waals surface area contributed by atoms with Gasteiger partial charge in [-0.1, -0.05) is 0 Å². The molecule has 0 aromatic carbocycles. The molecule has 15 heavy (non-hydrogen) atoms. The number of nitrogen functional groups attached to an aromatic ring is 1. The normalized spacial score (nSPS) is 10.1. The number of rotatable bonds is 4. The summed E-state index contributed by atoms with van der Waals surface area (Å²) in [5.74, 6) is 1.17. The summed E-state index contributed by atoms with van der Waals surface area (Å²) in [5, 5.41) is 6.23. The first-order valence-electron chi connectivity index (χ1n) is 4.54. The average Bonchev–Trinajstić information content (AvgIpc) is 2.74. The van der Waals surface area contributed by atoms with Gasteiger partial charge in [0.2, 0.25) is 0 Å². The largest absolute Gasteiger partial charge is 0.382 e. The van der Waals surface area contributed by atoms with Gasteiger partial charge in [-0.25, -0.2) is 15.0 Å². The van der Waals surface area contributed by atoms with E-state index in [1.54, 1.807) is 17.5 Å². The molecule has 3 N–H and O–H groups in total. The van der Waals surface area contributed by atoms with E-state index in [1.807, 2.05) is 11.6 Å². The highest BCUT2D eigenvalue weighted by molar-refractivity contribution is 7.09. The molecule has 0 radical (unpaired) electrons. The van der Waals surface area contributed by atoms with E-state index < -0.39 is 0 Å². The summed E-state index contributed by atoms with van der Waals surface area (Å²) in [6, 6.07) is 0. The molecule has 0 saturated carbocycles. The third kappa shape index (κ3) is 2.88. The Labute approximate surface area is 91.4 Å². The zero-order valence-corrected chi connectivity index (χ0v) is 8.87. The molecule has 0 atom stereocenters. The summed E-state index contributed by atoms with van der Waals surface area (Å²) in [6.07, 6.45) is 5.86. The van der Waals surface area contributed by atoms with Gasteiger partial charge in [0, 0.05) is 24.5 Å². The van der Waals surface area contributed by atoms with Crippen LogP contribution in [0.2, 0.25) is 0 Å². The van der Waals surface area contributed by atoms with Gasteiger partial charge in [0.05, 0.1) is 17.4 Å². The predicted molar refractivity (Wildman–Crippen MR) is 60.8 cm³/mol. The van der Waals surface area contributed by atoms with Crippen LogP contribution in [0.4, 0.5) is 11.6 Å². The molecule has 0 spiro atoms. The molecule has 78 valence electrons.